The molecule has 254 valence electrons. The molecule has 0 radical (unpaired) electrons. The number of hydrogen-bond acceptors (Lipinski definition) is 7. The number of esters is 1. The lowest BCUT2D eigenvalue weighted by Crippen LogP contribution is -2.33. The number of hydrogen-bond donors (Lipinski definition) is 2. The number of Topliss-reactive ketones (excluding diaryl/α,β-unsaturated/α-hetero) is 1. The summed E-state index contributed by atoms with van der Waals surface area (Å²) in [5.41, 5.74) is 0.861. The average molecular weight is 621 g/mol. The summed E-state index contributed by atoms with van der Waals surface area (Å²) in [5.74, 6) is 0.194. The maximum absolute atomic E-state index is 12.1. The monoisotopic (exact) mass is 620 g/mol. The van der Waals surface area contributed by atoms with Gasteiger partial charge in [0.25, 0.3) is 0 Å². The Kier molecular flexibility index (Phi) is 18.2. The van der Waals surface area contributed by atoms with Crippen LogP contribution in [0.4, 0.5) is 0 Å². The van der Waals surface area contributed by atoms with Gasteiger partial charge < -0.3 is 24.4 Å². The van der Waals surface area contributed by atoms with E-state index >= 15 is 0 Å². The van der Waals surface area contributed by atoms with Crippen molar-refractivity contribution in [3.8, 4) is 0 Å². The minimum Gasteiger partial charge on any atom is -0.455 e. The molecule has 3 heterocycles. The van der Waals surface area contributed by atoms with E-state index in [-0.39, 0.29) is 36.5 Å². The van der Waals surface area contributed by atoms with Crippen LogP contribution in [-0.4, -0.2) is 64.7 Å². The molecule has 7 heteroatoms. The predicted octanol–water partition coefficient (Wildman–Crippen LogP) is 8.07. The van der Waals surface area contributed by atoms with Crippen molar-refractivity contribution in [1.82, 2.24) is 0 Å². The number of unbranched alkanes of at least 4 members (excludes halogenated alkanes) is 12. The van der Waals surface area contributed by atoms with Gasteiger partial charge in [-0.25, -0.2) is 4.79 Å². The van der Waals surface area contributed by atoms with Crippen molar-refractivity contribution in [1.29, 1.82) is 0 Å². The molecule has 3 aliphatic rings. The molecule has 44 heavy (non-hydrogen) atoms. The molecule has 0 bridgehead atoms. The van der Waals surface area contributed by atoms with Crippen molar-refractivity contribution < 1.29 is 34.0 Å². The first-order chi connectivity index (χ1) is 21.4. The number of carbonyl (C=O) groups excluding carboxylic acids is 2. The van der Waals surface area contributed by atoms with Gasteiger partial charge in [-0.1, -0.05) is 84.0 Å². The maximum atomic E-state index is 12.1. The first-order valence-corrected chi connectivity index (χ1v) is 18.5. The lowest BCUT2D eigenvalue weighted by Gasteiger charge is -2.24. The zero-order chi connectivity index (χ0) is 31.6. The largest absolute Gasteiger partial charge is 0.455 e. The van der Waals surface area contributed by atoms with Crippen molar-refractivity contribution in [3.63, 3.8) is 0 Å². The Balaban J connectivity index is 1.13. The first kappa shape index (κ1) is 37.2. The van der Waals surface area contributed by atoms with E-state index in [1.807, 2.05) is 13.0 Å². The Morgan fingerprint density at radius 2 is 1.23 bits per heavy atom. The Labute approximate surface area is 267 Å². The number of aliphatic hydroxyl groups is 2. The molecule has 7 nitrogen and oxygen atoms in total. The van der Waals surface area contributed by atoms with Crippen LogP contribution in [-0.2, 0) is 23.8 Å². The van der Waals surface area contributed by atoms with Crippen LogP contribution in [0.15, 0.2) is 11.6 Å². The molecule has 0 aliphatic carbocycles. The molecule has 0 saturated carbocycles. The standard InChI is InChI=1S/C37H64O7/c1-3-4-5-15-19-30(38)20-17-22-32(40)34-24-26-36(44-34)35-25-23-33(43-35)31(39)21-16-13-11-9-7-6-8-10-12-14-18-29-27-28(2)42-37(29)41/h27-28,31-36,39-40H,3-26H2,1-2H3. The Morgan fingerprint density at radius 3 is 1.77 bits per heavy atom. The number of cyclic esters (lactones) is 1. The maximum Gasteiger partial charge on any atom is 0.334 e. The van der Waals surface area contributed by atoms with E-state index in [1.165, 1.54) is 57.8 Å². The van der Waals surface area contributed by atoms with Crippen molar-refractivity contribution >= 4 is 11.8 Å². The lowest BCUT2D eigenvalue weighted by molar-refractivity contribution is -0.139. The summed E-state index contributed by atoms with van der Waals surface area (Å²) in [4.78, 5) is 23.7. The van der Waals surface area contributed by atoms with E-state index in [9.17, 15) is 19.8 Å². The fourth-order valence-corrected chi connectivity index (χ4v) is 7.14. The third kappa shape index (κ3) is 14.0. The van der Waals surface area contributed by atoms with Crippen LogP contribution in [0.5, 0.6) is 0 Å². The van der Waals surface area contributed by atoms with Gasteiger partial charge in [-0.15, -0.1) is 0 Å². The summed E-state index contributed by atoms with van der Waals surface area (Å²) in [6, 6.07) is 0. The highest BCUT2D eigenvalue weighted by Gasteiger charge is 2.40. The number of ketones is 1. The fraction of sp³-hybridized carbons (Fsp3) is 0.892. The molecule has 7 atom stereocenters. The summed E-state index contributed by atoms with van der Waals surface area (Å²) in [6.07, 6.45) is 24.9. The first-order valence-electron chi connectivity index (χ1n) is 18.5. The molecule has 7 unspecified atom stereocenters. The van der Waals surface area contributed by atoms with Gasteiger partial charge >= 0.3 is 5.97 Å². The number of aliphatic hydroxyl groups excluding tert-OH is 2. The second-order valence-electron chi connectivity index (χ2n) is 13.8. The zero-order valence-electron chi connectivity index (χ0n) is 28.0. The topological polar surface area (TPSA) is 102 Å². The third-order valence-electron chi connectivity index (χ3n) is 9.90. The van der Waals surface area contributed by atoms with E-state index in [0.717, 1.165) is 82.6 Å². The number of ether oxygens (including phenoxy) is 3. The van der Waals surface area contributed by atoms with E-state index in [1.54, 1.807) is 0 Å². The zero-order valence-corrected chi connectivity index (χ0v) is 28.0. The molecular formula is C37H64O7. The van der Waals surface area contributed by atoms with E-state index in [2.05, 4.69) is 6.92 Å². The van der Waals surface area contributed by atoms with Crippen LogP contribution >= 0.6 is 0 Å². The van der Waals surface area contributed by atoms with E-state index < -0.39 is 12.2 Å². The van der Waals surface area contributed by atoms with Crippen LogP contribution in [0.25, 0.3) is 0 Å². The molecule has 0 amide bonds. The summed E-state index contributed by atoms with van der Waals surface area (Å²) in [7, 11) is 0. The van der Waals surface area contributed by atoms with Crippen LogP contribution in [0, 0.1) is 0 Å². The molecule has 0 aromatic rings. The van der Waals surface area contributed by atoms with Crippen molar-refractivity contribution in [2.45, 2.75) is 211 Å². The van der Waals surface area contributed by atoms with Crippen LogP contribution in [0.2, 0.25) is 0 Å². The highest BCUT2D eigenvalue weighted by molar-refractivity contribution is 5.90. The highest BCUT2D eigenvalue weighted by atomic mass is 16.6. The smallest absolute Gasteiger partial charge is 0.334 e. The van der Waals surface area contributed by atoms with Crippen LogP contribution in [0.3, 0.4) is 0 Å². The number of carbonyl (C=O) groups is 2. The molecule has 3 aliphatic heterocycles. The molecule has 2 N–H and O–H groups in total. The normalized spacial score (nSPS) is 26.6. The summed E-state index contributed by atoms with van der Waals surface area (Å²) < 4.78 is 17.6. The van der Waals surface area contributed by atoms with Crippen molar-refractivity contribution in [2.75, 3.05) is 0 Å². The van der Waals surface area contributed by atoms with Crippen molar-refractivity contribution in [2.24, 2.45) is 0 Å². The summed E-state index contributed by atoms with van der Waals surface area (Å²) in [6.45, 7) is 4.09. The van der Waals surface area contributed by atoms with Gasteiger partial charge in [0, 0.05) is 18.4 Å². The molecule has 3 rings (SSSR count). The Morgan fingerprint density at radius 1 is 0.727 bits per heavy atom. The number of rotatable bonds is 25. The van der Waals surface area contributed by atoms with Crippen molar-refractivity contribution in [3.05, 3.63) is 11.6 Å². The van der Waals surface area contributed by atoms with Gasteiger partial charge in [-0.2, -0.15) is 0 Å². The third-order valence-corrected chi connectivity index (χ3v) is 9.90. The molecule has 0 aromatic carbocycles. The van der Waals surface area contributed by atoms with Crippen LogP contribution in [0.1, 0.15) is 168 Å². The fourth-order valence-electron chi connectivity index (χ4n) is 7.14. The van der Waals surface area contributed by atoms with Crippen LogP contribution < -0.4 is 0 Å². The SMILES string of the molecule is CCCCCCC(=O)CCCC(O)C1CCC(C2CCC(C(O)CCCCCCCCCCCCC3=CC(C)OC3=O)O2)O1. The van der Waals surface area contributed by atoms with Gasteiger partial charge in [-0.05, 0) is 77.2 Å². The minimum absolute atomic E-state index is 0.000595. The lowest BCUT2D eigenvalue weighted by atomic mass is 10.00. The quantitative estimate of drug-likeness (QED) is 0.0786. The Hall–Kier alpha value is -1.28. The minimum atomic E-state index is -0.520. The van der Waals surface area contributed by atoms with Gasteiger partial charge in [0.1, 0.15) is 11.9 Å². The van der Waals surface area contributed by atoms with Gasteiger partial charge in [-0.3, -0.25) is 4.79 Å². The molecule has 2 saturated heterocycles. The van der Waals surface area contributed by atoms with E-state index in [4.69, 9.17) is 14.2 Å². The van der Waals surface area contributed by atoms with E-state index in [0.29, 0.717) is 25.0 Å². The highest BCUT2D eigenvalue weighted by Crippen LogP contribution is 2.34. The predicted molar refractivity (Wildman–Crippen MR) is 174 cm³/mol. The summed E-state index contributed by atoms with van der Waals surface area (Å²) >= 11 is 0. The molecule has 0 spiro atoms. The second kappa shape index (κ2) is 21.5. The van der Waals surface area contributed by atoms with Gasteiger partial charge in [0.05, 0.1) is 36.6 Å². The second-order valence-corrected chi connectivity index (χ2v) is 13.8. The average Bonchev–Trinajstić information content (AvgIpc) is 3.76. The van der Waals surface area contributed by atoms with Gasteiger partial charge in [0.2, 0.25) is 0 Å². The molecule has 2 fully saturated rings. The Bertz CT molecular complexity index is 842. The molecular weight excluding hydrogens is 556 g/mol. The molecule has 0 aromatic heterocycles. The van der Waals surface area contributed by atoms with Gasteiger partial charge in [0.15, 0.2) is 0 Å². The summed E-state index contributed by atoms with van der Waals surface area (Å²) in [5, 5.41) is 21.4.